The van der Waals surface area contributed by atoms with E-state index in [1.165, 1.54) is 30.3 Å². The minimum absolute atomic E-state index is 0.0541. The molecule has 3 rings (SSSR count). The predicted octanol–water partition coefficient (Wildman–Crippen LogP) is 5.07. The summed E-state index contributed by atoms with van der Waals surface area (Å²) in [6, 6.07) is 21.2. The molecular formula is C23H17BrN2O4S. The first-order valence-corrected chi connectivity index (χ1v) is 11.3. The smallest absolute Gasteiger partial charge is 0.339 e. The molecule has 0 saturated carbocycles. The number of aryl methyl sites for hydroxylation is 1. The Balaban J connectivity index is 1.72. The van der Waals surface area contributed by atoms with Crippen molar-refractivity contribution >= 4 is 43.7 Å². The van der Waals surface area contributed by atoms with Crippen molar-refractivity contribution in [3.05, 3.63) is 94.0 Å². The standard InChI is InChI=1S/C23H17BrN2O4S/c1-16-2-12-22(13-3-16)31(28,29)30-21-10-4-17(5-11-21)14-18(15-25)23(27)26-20-8-6-19(24)7-9-20/h2-14H,1H3,(H,26,27)/b18-14-. The van der Waals surface area contributed by atoms with Gasteiger partial charge in [-0.25, -0.2) is 0 Å². The van der Waals surface area contributed by atoms with Crippen molar-refractivity contribution in [3.8, 4) is 11.8 Å². The highest BCUT2D eigenvalue weighted by Crippen LogP contribution is 2.21. The Kier molecular flexibility index (Phi) is 6.90. The van der Waals surface area contributed by atoms with Gasteiger partial charge < -0.3 is 9.50 Å². The van der Waals surface area contributed by atoms with Gasteiger partial charge in [-0.1, -0.05) is 45.8 Å². The number of benzene rings is 3. The minimum Gasteiger partial charge on any atom is -0.379 e. The largest absolute Gasteiger partial charge is 0.379 e. The number of nitriles is 1. The average Bonchev–Trinajstić information content (AvgIpc) is 2.75. The van der Waals surface area contributed by atoms with Gasteiger partial charge in [-0.2, -0.15) is 13.7 Å². The maximum absolute atomic E-state index is 12.4. The first kappa shape index (κ1) is 22.3. The number of halogens is 1. The van der Waals surface area contributed by atoms with Gasteiger partial charge in [0.15, 0.2) is 0 Å². The number of nitrogens with one attached hydrogen (secondary N) is 1. The van der Waals surface area contributed by atoms with Crippen LogP contribution in [-0.4, -0.2) is 14.3 Å². The van der Waals surface area contributed by atoms with Gasteiger partial charge >= 0.3 is 10.1 Å². The first-order valence-electron chi connectivity index (χ1n) is 9.07. The molecule has 0 aliphatic heterocycles. The molecule has 31 heavy (non-hydrogen) atoms. The van der Waals surface area contributed by atoms with E-state index in [4.69, 9.17) is 4.18 Å². The molecule has 0 heterocycles. The number of hydrogen-bond donors (Lipinski definition) is 1. The zero-order valence-corrected chi connectivity index (χ0v) is 18.8. The van der Waals surface area contributed by atoms with Gasteiger partial charge in [-0.3, -0.25) is 4.79 Å². The molecule has 0 saturated heterocycles. The number of carbonyl (C=O) groups excluding carboxylic acids is 1. The maximum atomic E-state index is 12.4. The Labute approximate surface area is 189 Å². The van der Waals surface area contributed by atoms with E-state index in [1.807, 2.05) is 13.0 Å². The highest BCUT2D eigenvalue weighted by molar-refractivity contribution is 9.10. The van der Waals surface area contributed by atoms with E-state index in [1.54, 1.807) is 48.5 Å². The van der Waals surface area contributed by atoms with Crippen LogP contribution in [0.3, 0.4) is 0 Å². The minimum atomic E-state index is -3.96. The van der Waals surface area contributed by atoms with E-state index >= 15 is 0 Å². The summed E-state index contributed by atoms with van der Waals surface area (Å²) in [6.07, 6.45) is 1.41. The highest BCUT2D eigenvalue weighted by atomic mass is 79.9. The molecule has 1 amide bonds. The van der Waals surface area contributed by atoms with Crippen LogP contribution in [0.2, 0.25) is 0 Å². The Bertz CT molecular complexity index is 1260. The molecule has 0 aliphatic rings. The lowest BCUT2D eigenvalue weighted by molar-refractivity contribution is -0.112. The number of nitrogens with zero attached hydrogens (tertiary/aromatic N) is 1. The zero-order chi connectivity index (χ0) is 22.4. The van der Waals surface area contributed by atoms with Crippen LogP contribution < -0.4 is 9.50 Å². The average molecular weight is 497 g/mol. The third kappa shape index (κ3) is 6.04. The van der Waals surface area contributed by atoms with E-state index < -0.39 is 16.0 Å². The molecular weight excluding hydrogens is 480 g/mol. The molecule has 8 heteroatoms. The second-order valence-corrected chi connectivity index (χ2v) is 9.01. The maximum Gasteiger partial charge on any atom is 0.339 e. The Hall–Kier alpha value is -3.41. The quantitative estimate of drug-likeness (QED) is 0.292. The topological polar surface area (TPSA) is 96.3 Å². The molecule has 0 radical (unpaired) electrons. The number of amides is 1. The van der Waals surface area contributed by atoms with Gasteiger partial charge in [0, 0.05) is 10.2 Å². The van der Waals surface area contributed by atoms with Crippen molar-refractivity contribution < 1.29 is 17.4 Å². The third-order valence-electron chi connectivity index (χ3n) is 4.17. The number of anilines is 1. The number of rotatable bonds is 6. The Morgan fingerprint density at radius 3 is 2.19 bits per heavy atom. The molecule has 0 fully saturated rings. The van der Waals surface area contributed by atoms with Crippen molar-refractivity contribution in [2.24, 2.45) is 0 Å². The summed E-state index contributed by atoms with van der Waals surface area (Å²) in [5.41, 5.74) is 1.94. The molecule has 156 valence electrons. The van der Waals surface area contributed by atoms with Gasteiger partial charge in [0.2, 0.25) is 0 Å². The number of carbonyl (C=O) groups is 1. The monoisotopic (exact) mass is 496 g/mol. The fourth-order valence-electron chi connectivity index (χ4n) is 2.55. The van der Waals surface area contributed by atoms with E-state index in [0.29, 0.717) is 11.3 Å². The first-order chi connectivity index (χ1) is 14.8. The molecule has 3 aromatic rings. The van der Waals surface area contributed by atoms with Crippen molar-refractivity contribution in [1.82, 2.24) is 0 Å². The van der Waals surface area contributed by atoms with E-state index in [9.17, 15) is 18.5 Å². The van der Waals surface area contributed by atoms with Gasteiger partial charge in [-0.05, 0) is 67.1 Å². The summed E-state index contributed by atoms with van der Waals surface area (Å²) in [6.45, 7) is 1.86. The van der Waals surface area contributed by atoms with Crippen LogP contribution in [0.4, 0.5) is 5.69 Å². The molecule has 0 aliphatic carbocycles. The summed E-state index contributed by atoms with van der Waals surface area (Å²) >= 11 is 3.31. The molecule has 6 nitrogen and oxygen atoms in total. The summed E-state index contributed by atoms with van der Waals surface area (Å²) in [5, 5.41) is 12.0. The second kappa shape index (κ2) is 9.60. The Morgan fingerprint density at radius 2 is 1.61 bits per heavy atom. The van der Waals surface area contributed by atoms with Gasteiger partial charge in [0.05, 0.1) is 0 Å². The summed E-state index contributed by atoms with van der Waals surface area (Å²) in [7, 11) is -3.96. The predicted molar refractivity (Wildman–Crippen MR) is 122 cm³/mol. The van der Waals surface area contributed by atoms with Gasteiger partial charge in [0.1, 0.15) is 22.3 Å². The lowest BCUT2D eigenvalue weighted by atomic mass is 10.1. The van der Waals surface area contributed by atoms with E-state index in [2.05, 4.69) is 21.2 Å². The SMILES string of the molecule is Cc1ccc(S(=O)(=O)Oc2ccc(/C=C(/C#N)C(=O)Nc3ccc(Br)cc3)cc2)cc1. The summed E-state index contributed by atoms with van der Waals surface area (Å²) < 4.78 is 30.8. The fourth-order valence-corrected chi connectivity index (χ4v) is 3.74. The van der Waals surface area contributed by atoms with E-state index in [-0.39, 0.29) is 16.2 Å². The highest BCUT2D eigenvalue weighted by Gasteiger charge is 2.16. The molecule has 3 aromatic carbocycles. The molecule has 1 N–H and O–H groups in total. The molecule has 0 spiro atoms. The fraction of sp³-hybridized carbons (Fsp3) is 0.0435. The van der Waals surface area contributed by atoms with Crippen molar-refractivity contribution in [3.63, 3.8) is 0 Å². The van der Waals surface area contributed by atoms with Crippen LogP contribution >= 0.6 is 15.9 Å². The normalized spacial score (nSPS) is 11.5. The second-order valence-electron chi connectivity index (χ2n) is 6.55. The number of hydrogen-bond acceptors (Lipinski definition) is 5. The third-order valence-corrected chi connectivity index (χ3v) is 5.96. The van der Waals surface area contributed by atoms with Crippen LogP contribution in [0.5, 0.6) is 5.75 Å². The van der Waals surface area contributed by atoms with Crippen LogP contribution in [0.15, 0.2) is 87.7 Å². The molecule has 0 bridgehead atoms. The lowest BCUT2D eigenvalue weighted by Gasteiger charge is -2.08. The van der Waals surface area contributed by atoms with Crippen LogP contribution in [0.25, 0.3) is 6.08 Å². The van der Waals surface area contributed by atoms with Crippen LogP contribution in [0, 0.1) is 18.3 Å². The molecule has 0 aromatic heterocycles. The Morgan fingerprint density at radius 1 is 1.00 bits per heavy atom. The summed E-state index contributed by atoms with van der Waals surface area (Å²) in [4.78, 5) is 12.4. The van der Waals surface area contributed by atoms with Crippen molar-refractivity contribution in [1.29, 1.82) is 5.26 Å². The van der Waals surface area contributed by atoms with Gasteiger partial charge in [-0.15, -0.1) is 0 Å². The van der Waals surface area contributed by atoms with Crippen LogP contribution in [-0.2, 0) is 14.9 Å². The summed E-state index contributed by atoms with van der Waals surface area (Å²) in [5.74, 6) is -0.428. The molecule has 0 atom stereocenters. The molecule has 0 unspecified atom stereocenters. The van der Waals surface area contributed by atoms with Crippen LogP contribution in [0.1, 0.15) is 11.1 Å². The van der Waals surface area contributed by atoms with Crippen molar-refractivity contribution in [2.45, 2.75) is 11.8 Å². The van der Waals surface area contributed by atoms with Gasteiger partial charge in [0.25, 0.3) is 5.91 Å². The zero-order valence-electron chi connectivity index (χ0n) is 16.4. The van der Waals surface area contributed by atoms with Crippen molar-refractivity contribution in [2.75, 3.05) is 5.32 Å². The van der Waals surface area contributed by atoms with E-state index in [0.717, 1.165) is 10.0 Å². The lowest BCUT2D eigenvalue weighted by Crippen LogP contribution is -2.13.